The fourth-order valence-electron chi connectivity index (χ4n) is 1.48. The topological polar surface area (TPSA) is 81.2 Å². The minimum Gasteiger partial charge on any atom is -0.463 e. The van der Waals surface area contributed by atoms with Crippen LogP contribution in [0.5, 0.6) is 6.01 Å². The van der Waals surface area contributed by atoms with Gasteiger partial charge in [0.2, 0.25) is 11.9 Å². The van der Waals surface area contributed by atoms with Gasteiger partial charge < -0.3 is 20.1 Å². The summed E-state index contributed by atoms with van der Waals surface area (Å²) in [5, 5.41) is 6.19. The van der Waals surface area contributed by atoms with Crippen LogP contribution in [0.15, 0.2) is 0 Å². The normalized spacial score (nSPS) is 10.7. The largest absolute Gasteiger partial charge is 0.463 e. The Morgan fingerprint density at radius 3 is 2.33 bits per heavy atom. The zero-order valence-electron chi connectivity index (χ0n) is 13.5. The van der Waals surface area contributed by atoms with E-state index >= 15 is 0 Å². The van der Waals surface area contributed by atoms with Crippen molar-refractivity contribution in [3.63, 3.8) is 0 Å². The standard InChI is InChI=1S/C14H27N5O2/c1-5-8-21-14-18-12(15-6-2)17-13(19-14)16-7-9-20-10-11(3)4/h11H,5-10H2,1-4H3,(H2,15,16,17,18,19). The van der Waals surface area contributed by atoms with Gasteiger partial charge in [-0.05, 0) is 19.3 Å². The van der Waals surface area contributed by atoms with E-state index in [0.717, 1.165) is 19.6 Å². The summed E-state index contributed by atoms with van der Waals surface area (Å²) in [4.78, 5) is 12.7. The summed E-state index contributed by atoms with van der Waals surface area (Å²) in [6.07, 6.45) is 0.911. The van der Waals surface area contributed by atoms with Crippen LogP contribution in [0.4, 0.5) is 11.9 Å². The molecule has 0 atom stereocenters. The van der Waals surface area contributed by atoms with E-state index in [1.54, 1.807) is 0 Å². The molecule has 0 spiro atoms. The second-order valence-corrected chi connectivity index (χ2v) is 5.04. The molecule has 0 fully saturated rings. The van der Waals surface area contributed by atoms with E-state index in [1.165, 1.54) is 0 Å². The van der Waals surface area contributed by atoms with Gasteiger partial charge in [0, 0.05) is 19.7 Å². The summed E-state index contributed by atoms with van der Waals surface area (Å²) in [5.41, 5.74) is 0. The number of hydrogen-bond donors (Lipinski definition) is 2. The zero-order chi connectivity index (χ0) is 15.5. The fraction of sp³-hybridized carbons (Fsp3) is 0.786. The van der Waals surface area contributed by atoms with Crippen molar-refractivity contribution in [1.29, 1.82) is 0 Å². The van der Waals surface area contributed by atoms with Crippen LogP contribution < -0.4 is 15.4 Å². The molecule has 1 aromatic heterocycles. The molecule has 0 aliphatic carbocycles. The Labute approximate surface area is 126 Å². The van der Waals surface area contributed by atoms with Gasteiger partial charge in [-0.15, -0.1) is 0 Å². The summed E-state index contributed by atoms with van der Waals surface area (Å²) in [6, 6.07) is 0.341. The van der Waals surface area contributed by atoms with Gasteiger partial charge in [-0.1, -0.05) is 20.8 Å². The number of hydrogen-bond acceptors (Lipinski definition) is 7. The lowest BCUT2D eigenvalue weighted by Crippen LogP contribution is -2.15. The zero-order valence-corrected chi connectivity index (χ0v) is 13.5. The van der Waals surface area contributed by atoms with E-state index in [9.17, 15) is 0 Å². The smallest absolute Gasteiger partial charge is 0.323 e. The van der Waals surface area contributed by atoms with Crippen LogP contribution in [0, 0.1) is 5.92 Å². The predicted molar refractivity (Wildman–Crippen MR) is 83.9 cm³/mol. The summed E-state index contributed by atoms with van der Waals surface area (Å²) < 4.78 is 11.0. The van der Waals surface area contributed by atoms with Crippen molar-refractivity contribution >= 4 is 11.9 Å². The van der Waals surface area contributed by atoms with Gasteiger partial charge in [0.25, 0.3) is 0 Å². The number of nitrogens with one attached hydrogen (secondary N) is 2. The van der Waals surface area contributed by atoms with Gasteiger partial charge in [0.1, 0.15) is 0 Å². The van der Waals surface area contributed by atoms with E-state index in [1.807, 2.05) is 13.8 Å². The van der Waals surface area contributed by atoms with Crippen molar-refractivity contribution in [1.82, 2.24) is 15.0 Å². The Kier molecular flexibility index (Phi) is 8.42. The molecule has 7 nitrogen and oxygen atoms in total. The lowest BCUT2D eigenvalue weighted by atomic mass is 10.2. The molecule has 7 heteroatoms. The summed E-state index contributed by atoms with van der Waals surface area (Å²) in [6.45, 7) is 11.6. The first kappa shape index (κ1) is 17.4. The molecule has 0 radical (unpaired) electrons. The summed E-state index contributed by atoms with van der Waals surface area (Å²) >= 11 is 0. The van der Waals surface area contributed by atoms with E-state index < -0.39 is 0 Å². The molecule has 0 saturated carbocycles. The molecule has 1 rings (SSSR count). The average Bonchev–Trinajstić information content (AvgIpc) is 2.44. The lowest BCUT2D eigenvalue weighted by molar-refractivity contribution is 0.118. The van der Waals surface area contributed by atoms with Crippen LogP contribution in [0.1, 0.15) is 34.1 Å². The first-order chi connectivity index (χ1) is 10.2. The highest BCUT2D eigenvalue weighted by Crippen LogP contribution is 2.11. The van der Waals surface area contributed by atoms with Gasteiger partial charge in [-0.3, -0.25) is 0 Å². The average molecular weight is 297 g/mol. The third kappa shape index (κ3) is 7.65. The first-order valence-corrected chi connectivity index (χ1v) is 7.60. The van der Waals surface area contributed by atoms with Crippen LogP contribution in [0.2, 0.25) is 0 Å². The third-order valence-corrected chi connectivity index (χ3v) is 2.37. The monoisotopic (exact) mass is 297 g/mol. The van der Waals surface area contributed by atoms with Crippen molar-refractivity contribution < 1.29 is 9.47 Å². The number of rotatable bonds is 11. The maximum absolute atomic E-state index is 5.51. The lowest BCUT2D eigenvalue weighted by Gasteiger charge is -2.10. The van der Waals surface area contributed by atoms with Crippen LogP contribution in [-0.4, -0.2) is 47.9 Å². The minimum atomic E-state index is 0.341. The van der Waals surface area contributed by atoms with Gasteiger partial charge in [-0.2, -0.15) is 15.0 Å². The predicted octanol–water partition coefficient (Wildman–Crippen LogP) is 2.18. The molecule has 2 N–H and O–H groups in total. The maximum Gasteiger partial charge on any atom is 0.323 e. The fourth-order valence-corrected chi connectivity index (χ4v) is 1.48. The third-order valence-electron chi connectivity index (χ3n) is 2.37. The van der Waals surface area contributed by atoms with Crippen LogP contribution >= 0.6 is 0 Å². The molecule has 0 amide bonds. The van der Waals surface area contributed by atoms with Gasteiger partial charge in [-0.25, -0.2) is 0 Å². The molecule has 1 aromatic rings. The van der Waals surface area contributed by atoms with Crippen LogP contribution in [0.3, 0.4) is 0 Å². The molecule has 0 saturated heterocycles. The highest BCUT2D eigenvalue weighted by atomic mass is 16.5. The summed E-state index contributed by atoms with van der Waals surface area (Å²) in [7, 11) is 0. The molecule has 120 valence electrons. The van der Waals surface area contributed by atoms with Crippen molar-refractivity contribution in [2.24, 2.45) is 5.92 Å². The molecule has 0 aromatic carbocycles. The highest BCUT2D eigenvalue weighted by Gasteiger charge is 2.06. The highest BCUT2D eigenvalue weighted by molar-refractivity contribution is 5.35. The minimum absolute atomic E-state index is 0.341. The van der Waals surface area contributed by atoms with Crippen molar-refractivity contribution in [2.75, 3.05) is 43.5 Å². The number of nitrogens with zero attached hydrogens (tertiary/aromatic N) is 3. The van der Waals surface area contributed by atoms with Crippen LogP contribution in [-0.2, 0) is 4.74 Å². The molecular weight excluding hydrogens is 270 g/mol. The quantitative estimate of drug-likeness (QED) is 0.606. The molecule has 21 heavy (non-hydrogen) atoms. The number of ether oxygens (including phenoxy) is 2. The Balaban J connectivity index is 2.52. The number of aromatic nitrogens is 3. The first-order valence-electron chi connectivity index (χ1n) is 7.60. The van der Waals surface area contributed by atoms with Crippen LogP contribution in [0.25, 0.3) is 0 Å². The molecule has 0 aliphatic rings. The molecule has 0 unspecified atom stereocenters. The molecule has 0 aliphatic heterocycles. The Morgan fingerprint density at radius 1 is 1.00 bits per heavy atom. The van der Waals surface area contributed by atoms with Gasteiger partial charge in [0.05, 0.1) is 13.2 Å². The van der Waals surface area contributed by atoms with Crippen molar-refractivity contribution in [2.45, 2.75) is 34.1 Å². The molecule has 0 bridgehead atoms. The Hall–Kier alpha value is -1.63. The SMILES string of the molecule is CCCOc1nc(NCC)nc(NCCOCC(C)C)n1. The molecular formula is C14H27N5O2. The van der Waals surface area contributed by atoms with E-state index in [2.05, 4.69) is 39.4 Å². The van der Waals surface area contributed by atoms with E-state index in [4.69, 9.17) is 9.47 Å². The summed E-state index contributed by atoms with van der Waals surface area (Å²) in [5.74, 6) is 1.56. The van der Waals surface area contributed by atoms with Gasteiger partial charge >= 0.3 is 6.01 Å². The Morgan fingerprint density at radius 2 is 1.71 bits per heavy atom. The second kappa shape index (κ2) is 10.1. The maximum atomic E-state index is 5.51. The van der Waals surface area contributed by atoms with Gasteiger partial charge in [0.15, 0.2) is 0 Å². The number of anilines is 2. The Bertz CT molecular complexity index is 401. The van der Waals surface area contributed by atoms with E-state index in [0.29, 0.717) is 43.6 Å². The van der Waals surface area contributed by atoms with Crippen molar-refractivity contribution in [3.05, 3.63) is 0 Å². The van der Waals surface area contributed by atoms with Crippen molar-refractivity contribution in [3.8, 4) is 6.01 Å². The molecule has 1 heterocycles. The van der Waals surface area contributed by atoms with E-state index in [-0.39, 0.29) is 0 Å². The second-order valence-electron chi connectivity index (χ2n) is 5.04.